The third kappa shape index (κ3) is 6.05. The fourth-order valence-electron chi connectivity index (χ4n) is 2.05. The molecular weight excluding hydrogens is 248 g/mol. The van der Waals surface area contributed by atoms with Crippen molar-refractivity contribution in [1.82, 2.24) is 0 Å². The van der Waals surface area contributed by atoms with E-state index in [0.717, 1.165) is 25.7 Å². The van der Waals surface area contributed by atoms with Gasteiger partial charge in [0.25, 0.3) is 0 Å². The van der Waals surface area contributed by atoms with Crippen LogP contribution in [0.3, 0.4) is 0 Å². The third-order valence-electron chi connectivity index (χ3n) is 3.34. The van der Waals surface area contributed by atoms with E-state index in [0.29, 0.717) is 24.7 Å². The second-order valence-electron chi connectivity index (χ2n) is 5.57. The topological polar surface area (TPSA) is 61.8 Å². The number of rotatable bonds is 8. The Morgan fingerprint density at radius 1 is 0.895 bits per heavy atom. The smallest absolute Gasteiger partial charge is 0.304 e. The minimum Gasteiger partial charge on any atom is -0.436 e. The average molecular weight is 270 g/mol. The van der Waals surface area contributed by atoms with Gasteiger partial charge in [0.05, 0.1) is 0 Å². The molecule has 0 saturated heterocycles. The second kappa shape index (κ2) is 6.37. The van der Waals surface area contributed by atoms with Gasteiger partial charge in [-0.1, -0.05) is 0 Å². The molecule has 0 spiro atoms. The Morgan fingerprint density at radius 3 is 1.53 bits per heavy atom. The molecule has 2 fully saturated rings. The maximum Gasteiger partial charge on any atom is 0.304 e. The van der Waals surface area contributed by atoms with Gasteiger partial charge in [-0.2, -0.15) is 0 Å². The van der Waals surface area contributed by atoms with Gasteiger partial charge in [-0.25, -0.2) is 0 Å². The zero-order valence-electron chi connectivity index (χ0n) is 11.6. The minimum absolute atomic E-state index is 0.362. The predicted octanol–water partition coefficient (Wildman–Crippen LogP) is 2.38. The summed E-state index contributed by atoms with van der Waals surface area (Å²) >= 11 is 0. The molecule has 0 heterocycles. The third-order valence-corrected chi connectivity index (χ3v) is 3.34. The van der Waals surface area contributed by atoms with Crippen LogP contribution in [-0.2, 0) is 23.8 Å². The minimum atomic E-state index is -0.590. The summed E-state index contributed by atoms with van der Waals surface area (Å²) in [6.45, 7) is 2.73. The van der Waals surface area contributed by atoms with Gasteiger partial charge < -0.3 is 14.2 Å². The Labute approximate surface area is 113 Å². The van der Waals surface area contributed by atoms with Crippen molar-refractivity contribution >= 4 is 11.9 Å². The summed E-state index contributed by atoms with van der Waals surface area (Å²) in [7, 11) is 0. The first-order valence-corrected chi connectivity index (χ1v) is 7.03. The number of ether oxygens (including phenoxy) is 3. The molecule has 0 aliphatic heterocycles. The SMILES string of the molecule is CC(=O)OC(CC1CC1)OC(CC1CC1)OC(C)=O. The molecular formula is C14H22O5. The first kappa shape index (κ1) is 14.3. The van der Waals surface area contributed by atoms with Gasteiger partial charge in [0.1, 0.15) is 0 Å². The fraction of sp³-hybridized carbons (Fsp3) is 0.857. The summed E-state index contributed by atoms with van der Waals surface area (Å²) in [5, 5.41) is 0. The molecule has 5 nitrogen and oxygen atoms in total. The van der Waals surface area contributed by atoms with E-state index in [1.807, 2.05) is 0 Å². The molecule has 0 amide bonds. The molecule has 5 heteroatoms. The quantitative estimate of drug-likeness (QED) is 0.500. The Hall–Kier alpha value is -1.10. The highest BCUT2D eigenvalue weighted by molar-refractivity contribution is 5.66. The number of hydrogen-bond acceptors (Lipinski definition) is 5. The van der Waals surface area contributed by atoms with Crippen LogP contribution < -0.4 is 0 Å². The van der Waals surface area contributed by atoms with E-state index in [1.54, 1.807) is 0 Å². The predicted molar refractivity (Wildman–Crippen MR) is 66.9 cm³/mol. The Balaban J connectivity index is 1.84. The summed E-state index contributed by atoms with van der Waals surface area (Å²) in [6.07, 6.45) is 4.83. The zero-order chi connectivity index (χ0) is 13.8. The first-order chi connectivity index (χ1) is 9.02. The highest BCUT2D eigenvalue weighted by Crippen LogP contribution is 2.37. The second-order valence-corrected chi connectivity index (χ2v) is 5.57. The lowest BCUT2D eigenvalue weighted by Crippen LogP contribution is -2.30. The lowest BCUT2D eigenvalue weighted by Gasteiger charge is -2.24. The molecule has 0 N–H and O–H groups in total. The van der Waals surface area contributed by atoms with E-state index in [9.17, 15) is 9.59 Å². The van der Waals surface area contributed by atoms with E-state index in [1.165, 1.54) is 13.8 Å². The van der Waals surface area contributed by atoms with Crippen molar-refractivity contribution in [3.63, 3.8) is 0 Å². The lowest BCUT2D eigenvalue weighted by atomic mass is 10.2. The molecule has 2 unspecified atom stereocenters. The molecule has 2 rings (SSSR count). The van der Waals surface area contributed by atoms with Gasteiger partial charge >= 0.3 is 11.9 Å². The van der Waals surface area contributed by atoms with E-state index >= 15 is 0 Å². The summed E-state index contributed by atoms with van der Waals surface area (Å²) in [6, 6.07) is 0. The number of hydrogen-bond donors (Lipinski definition) is 0. The Bertz CT molecular complexity index is 301. The van der Waals surface area contributed by atoms with Crippen LogP contribution in [0.4, 0.5) is 0 Å². The normalized spacial score (nSPS) is 21.6. The van der Waals surface area contributed by atoms with Crippen molar-refractivity contribution in [1.29, 1.82) is 0 Å². The maximum atomic E-state index is 11.1. The van der Waals surface area contributed by atoms with Gasteiger partial charge in [-0.05, 0) is 37.5 Å². The fourth-order valence-corrected chi connectivity index (χ4v) is 2.05. The molecule has 0 aromatic heterocycles. The van der Waals surface area contributed by atoms with Crippen molar-refractivity contribution in [3.8, 4) is 0 Å². The lowest BCUT2D eigenvalue weighted by molar-refractivity contribution is -0.240. The van der Waals surface area contributed by atoms with Crippen LogP contribution in [0.2, 0.25) is 0 Å². The molecule has 0 radical (unpaired) electrons. The van der Waals surface area contributed by atoms with E-state index in [2.05, 4.69) is 0 Å². The molecule has 2 aliphatic carbocycles. The van der Waals surface area contributed by atoms with Crippen molar-refractivity contribution < 1.29 is 23.8 Å². The number of esters is 2. The zero-order valence-corrected chi connectivity index (χ0v) is 11.6. The highest BCUT2D eigenvalue weighted by atomic mass is 16.8. The monoisotopic (exact) mass is 270 g/mol. The molecule has 2 atom stereocenters. The van der Waals surface area contributed by atoms with Gasteiger partial charge in [-0.15, -0.1) is 0 Å². The molecule has 2 aliphatic rings. The van der Waals surface area contributed by atoms with Crippen molar-refractivity contribution in [2.75, 3.05) is 0 Å². The number of carbonyl (C=O) groups excluding carboxylic acids is 2. The standard InChI is InChI=1S/C14H22O5/c1-9(15)17-13(7-11-3-4-11)19-14(18-10(2)16)8-12-5-6-12/h11-14H,3-8H2,1-2H3. The van der Waals surface area contributed by atoms with Crippen LogP contribution in [0.1, 0.15) is 52.4 Å². The van der Waals surface area contributed by atoms with Crippen LogP contribution >= 0.6 is 0 Å². The van der Waals surface area contributed by atoms with Gasteiger partial charge in [-0.3, -0.25) is 9.59 Å². The number of carbonyl (C=O) groups is 2. The summed E-state index contributed by atoms with van der Waals surface area (Å²) < 4.78 is 16.0. The van der Waals surface area contributed by atoms with Crippen molar-refractivity contribution in [2.45, 2.75) is 65.0 Å². The molecule has 0 aromatic carbocycles. The Kier molecular flexibility index (Phi) is 4.80. The van der Waals surface area contributed by atoms with Gasteiger partial charge in [0.2, 0.25) is 12.6 Å². The van der Waals surface area contributed by atoms with Crippen molar-refractivity contribution in [2.24, 2.45) is 11.8 Å². The maximum absolute atomic E-state index is 11.1. The summed E-state index contributed by atoms with van der Waals surface area (Å²) in [5.41, 5.74) is 0. The van der Waals surface area contributed by atoms with Crippen molar-refractivity contribution in [3.05, 3.63) is 0 Å². The summed E-state index contributed by atoms with van der Waals surface area (Å²) in [5.74, 6) is 0.420. The van der Waals surface area contributed by atoms with Crippen LogP contribution in [0.5, 0.6) is 0 Å². The highest BCUT2D eigenvalue weighted by Gasteiger charge is 2.33. The Morgan fingerprint density at radius 2 is 1.26 bits per heavy atom. The van der Waals surface area contributed by atoms with Crippen LogP contribution in [0.25, 0.3) is 0 Å². The first-order valence-electron chi connectivity index (χ1n) is 7.03. The molecule has 19 heavy (non-hydrogen) atoms. The average Bonchev–Trinajstić information content (AvgIpc) is 3.10. The summed E-state index contributed by atoms with van der Waals surface area (Å²) in [4.78, 5) is 22.2. The van der Waals surface area contributed by atoms with E-state index in [-0.39, 0.29) is 11.9 Å². The van der Waals surface area contributed by atoms with Crippen LogP contribution in [0.15, 0.2) is 0 Å². The largest absolute Gasteiger partial charge is 0.436 e. The van der Waals surface area contributed by atoms with Gasteiger partial charge in [0, 0.05) is 26.7 Å². The molecule has 108 valence electrons. The molecule has 2 saturated carbocycles. The van der Waals surface area contributed by atoms with E-state index in [4.69, 9.17) is 14.2 Å². The van der Waals surface area contributed by atoms with Crippen LogP contribution in [0, 0.1) is 11.8 Å². The van der Waals surface area contributed by atoms with Gasteiger partial charge in [0.15, 0.2) is 0 Å². The van der Waals surface area contributed by atoms with Crippen LogP contribution in [-0.4, -0.2) is 24.5 Å². The molecule has 0 aromatic rings. The van der Waals surface area contributed by atoms with E-state index < -0.39 is 12.6 Å². The molecule has 0 bridgehead atoms.